The third kappa shape index (κ3) is 3.38. The van der Waals surface area contributed by atoms with Crippen LogP contribution in [-0.2, 0) is 24.3 Å². The molecule has 3 rings (SSSR count). The van der Waals surface area contributed by atoms with E-state index in [-0.39, 0.29) is 0 Å². The van der Waals surface area contributed by atoms with Crippen molar-refractivity contribution in [2.75, 3.05) is 6.61 Å². The first-order valence-electron chi connectivity index (χ1n) is 7.83. The predicted molar refractivity (Wildman–Crippen MR) is 92.8 cm³/mol. The Balaban J connectivity index is 1.70. The van der Waals surface area contributed by atoms with Gasteiger partial charge in [-0.15, -0.1) is 0 Å². The van der Waals surface area contributed by atoms with Crippen LogP contribution in [0.1, 0.15) is 23.7 Å². The first-order chi connectivity index (χ1) is 11.2. The van der Waals surface area contributed by atoms with Crippen molar-refractivity contribution in [2.45, 2.75) is 33.4 Å². The maximum atomic E-state index is 6.48. The molecule has 0 saturated heterocycles. The van der Waals surface area contributed by atoms with E-state index in [2.05, 4.69) is 29.1 Å². The summed E-state index contributed by atoms with van der Waals surface area (Å²) in [7, 11) is 0. The molecule has 23 heavy (non-hydrogen) atoms. The summed E-state index contributed by atoms with van der Waals surface area (Å²) in [4.78, 5) is 4.53. The molecule has 0 aliphatic carbocycles. The smallest absolute Gasteiger partial charge is 0.159 e. The van der Waals surface area contributed by atoms with Crippen LogP contribution < -0.4 is 0 Å². The molecule has 0 fully saturated rings. The topological polar surface area (TPSA) is 39.9 Å². The molecular formula is C18H20ClN3O. The Morgan fingerprint density at radius 2 is 2.00 bits per heavy atom. The van der Waals surface area contributed by atoms with E-state index >= 15 is 0 Å². The Morgan fingerprint density at radius 3 is 2.74 bits per heavy atom. The third-order valence-electron chi connectivity index (χ3n) is 3.88. The van der Waals surface area contributed by atoms with E-state index in [1.54, 1.807) is 0 Å². The Morgan fingerprint density at radius 1 is 1.22 bits per heavy atom. The lowest BCUT2D eigenvalue weighted by Crippen LogP contribution is -2.08. The van der Waals surface area contributed by atoms with Gasteiger partial charge in [-0.05, 0) is 24.5 Å². The predicted octanol–water partition coefficient (Wildman–Crippen LogP) is 4.17. The van der Waals surface area contributed by atoms with E-state index in [0.717, 1.165) is 33.7 Å². The third-order valence-corrected chi connectivity index (χ3v) is 4.32. The highest BCUT2D eigenvalue weighted by atomic mass is 35.5. The molecule has 0 aliphatic rings. The molecule has 0 radical (unpaired) electrons. The van der Waals surface area contributed by atoms with Crippen LogP contribution >= 0.6 is 11.6 Å². The quantitative estimate of drug-likeness (QED) is 0.637. The number of halogens is 1. The highest BCUT2D eigenvalue weighted by Crippen LogP contribution is 2.28. The van der Waals surface area contributed by atoms with Crippen LogP contribution in [0.2, 0.25) is 5.02 Å². The largest absolute Gasteiger partial charge is 0.375 e. The first-order valence-corrected chi connectivity index (χ1v) is 8.20. The average Bonchev–Trinajstić information content (AvgIpc) is 2.90. The minimum Gasteiger partial charge on any atom is -0.375 e. The molecule has 0 spiro atoms. The fourth-order valence-electron chi connectivity index (χ4n) is 2.63. The van der Waals surface area contributed by atoms with Crippen LogP contribution in [-0.4, -0.2) is 21.4 Å². The van der Waals surface area contributed by atoms with E-state index in [9.17, 15) is 0 Å². The normalized spacial score (nSPS) is 11.3. The monoisotopic (exact) mass is 329 g/mol. The summed E-state index contributed by atoms with van der Waals surface area (Å²) < 4.78 is 7.61. The lowest BCUT2D eigenvalue weighted by Gasteiger charge is -2.06. The summed E-state index contributed by atoms with van der Waals surface area (Å²) in [6, 6.07) is 10.1. The Bertz CT molecular complexity index is 799. The number of pyridine rings is 1. The fraction of sp³-hybridized carbons (Fsp3) is 0.333. The first kappa shape index (κ1) is 16.0. The van der Waals surface area contributed by atoms with Crippen LogP contribution in [0, 0.1) is 6.92 Å². The number of nitrogens with zero attached hydrogens (tertiary/aromatic N) is 3. The number of aryl methyl sites for hydroxylation is 2. The second kappa shape index (κ2) is 7.11. The number of ether oxygens (including phenoxy) is 1. The maximum absolute atomic E-state index is 6.48. The summed E-state index contributed by atoms with van der Waals surface area (Å²) in [6.07, 6.45) is 2.71. The summed E-state index contributed by atoms with van der Waals surface area (Å²) in [5.41, 5.74) is 3.97. The van der Waals surface area contributed by atoms with Gasteiger partial charge >= 0.3 is 0 Å². The van der Waals surface area contributed by atoms with Crippen molar-refractivity contribution in [1.29, 1.82) is 0 Å². The summed E-state index contributed by atoms with van der Waals surface area (Å²) in [5.74, 6) is 0. The molecule has 5 heteroatoms. The Labute approximate surface area is 141 Å². The lowest BCUT2D eigenvalue weighted by atomic mass is 10.1. The zero-order valence-corrected chi connectivity index (χ0v) is 14.2. The summed E-state index contributed by atoms with van der Waals surface area (Å²) >= 11 is 6.48. The molecule has 0 amide bonds. The van der Waals surface area contributed by atoms with Gasteiger partial charge in [0, 0.05) is 6.20 Å². The molecule has 120 valence electrons. The van der Waals surface area contributed by atoms with Crippen LogP contribution in [0.5, 0.6) is 0 Å². The highest BCUT2D eigenvalue weighted by molar-refractivity contribution is 6.36. The number of aromatic nitrogens is 3. The zero-order valence-electron chi connectivity index (χ0n) is 13.4. The molecule has 0 atom stereocenters. The van der Waals surface area contributed by atoms with Gasteiger partial charge in [0.05, 0.1) is 35.9 Å². The van der Waals surface area contributed by atoms with E-state index in [0.29, 0.717) is 19.8 Å². The van der Waals surface area contributed by atoms with Gasteiger partial charge < -0.3 is 4.74 Å². The molecule has 0 aliphatic heterocycles. The molecule has 0 bridgehead atoms. The maximum Gasteiger partial charge on any atom is 0.159 e. The average molecular weight is 330 g/mol. The number of fused-ring (bicyclic) bond motifs is 1. The molecular weight excluding hydrogens is 310 g/mol. The molecule has 0 saturated carbocycles. The van der Waals surface area contributed by atoms with Crippen LogP contribution in [0.3, 0.4) is 0 Å². The van der Waals surface area contributed by atoms with Gasteiger partial charge in [0.25, 0.3) is 0 Å². The van der Waals surface area contributed by atoms with Gasteiger partial charge in [0.1, 0.15) is 0 Å². The fourth-order valence-corrected chi connectivity index (χ4v) is 3.04. The molecule has 3 aromatic rings. The highest BCUT2D eigenvalue weighted by Gasteiger charge is 2.14. The van der Waals surface area contributed by atoms with E-state index < -0.39 is 0 Å². The molecule has 0 unspecified atom stereocenters. The number of hydrogen-bond donors (Lipinski definition) is 0. The summed E-state index contributed by atoms with van der Waals surface area (Å²) in [6.45, 7) is 5.89. The lowest BCUT2D eigenvalue weighted by molar-refractivity contribution is 0.111. The van der Waals surface area contributed by atoms with Crippen LogP contribution in [0.25, 0.3) is 11.0 Å². The number of benzene rings is 1. The minimum absolute atomic E-state index is 0.583. The molecule has 2 heterocycles. The number of hydrogen-bond acceptors (Lipinski definition) is 3. The van der Waals surface area contributed by atoms with Crippen molar-refractivity contribution in [1.82, 2.24) is 14.8 Å². The van der Waals surface area contributed by atoms with E-state index in [1.807, 2.05) is 36.0 Å². The van der Waals surface area contributed by atoms with Gasteiger partial charge in [-0.3, -0.25) is 0 Å². The van der Waals surface area contributed by atoms with Gasteiger partial charge in [-0.25, -0.2) is 9.67 Å². The van der Waals surface area contributed by atoms with Crippen LogP contribution in [0.15, 0.2) is 36.5 Å². The molecule has 4 nitrogen and oxygen atoms in total. The minimum atomic E-state index is 0.583. The Kier molecular flexibility index (Phi) is 4.94. The van der Waals surface area contributed by atoms with Gasteiger partial charge in [0.2, 0.25) is 0 Å². The van der Waals surface area contributed by atoms with E-state index in [4.69, 9.17) is 16.3 Å². The van der Waals surface area contributed by atoms with Crippen LogP contribution in [0.4, 0.5) is 0 Å². The summed E-state index contributed by atoms with van der Waals surface area (Å²) in [5, 5.41) is 6.28. The van der Waals surface area contributed by atoms with Crippen molar-refractivity contribution >= 4 is 22.6 Å². The molecule has 1 aromatic carbocycles. The molecule has 2 aromatic heterocycles. The van der Waals surface area contributed by atoms with Gasteiger partial charge in [0.15, 0.2) is 5.65 Å². The second-order valence-corrected chi connectivity index (χ2v) is 5.87. The van der Waals surface area contributed by atoms with Gasteiger partial charge in [-0.1, -0.05) is 48.9 Å². The van der Waals surface area contributed by atoms with Crippen molar-refractivity contribution in [3.05, 3.63) is 58.4 Å². The van der Waals surface area contributed by atoms with Crippen molar-refractivity contribution in [2.24, 2.45) is 0 Å². The standard InChI is InChI=1S/C18H20ClN3O/c1-3-15-11-20-18-16(17(15)19)13(2)21-22(18)9-10-23-12-14-7-5-4-6-8-14/h4-8,11H,3,9-10,12H2,1-2H3. The van der Waals surface area contributed by atoms with Crippen molar-refractivity contribution < 1.29 is 4.74 Å². The van der Waals surface area contributed by atoms with Crippen molar-refractivity contribution in [3.63, 3.8) is 0 Å². The van der Waals surface area contributed by atoms with Gasteiger partial charge in [-0.2, -0.15) is 5.10 Å². The SMILES string of the molecule is CCc1cnc2c(c(C)nn2CCOCc2ccccc2)c1Cl. The molecule has 0 N–H and O–H groups in total. The zero-order chi connectivity index (χ0) is 16.2. The van der Waals surface area contributed by atoms with Crippen molar-refractivity contribution in [3.8, 4) is 0 Å². The second-order valence-electron chi connectivity index (χ2n) is 5.50. The van der Waals surface area contributed by atoms with E-state index in [1.165, 1.54) is 5.56 Å². The number of rotatable bonds is 6. The Hall–Kier alpha value is -1.91.